The van der Waals surface area contributed by atoms with E-state index in [1.807, 2.05) is 4.72 Å². The van der Waals surface area contributed by atoms with Crippen molar-refractivity contribution in [3.8, 4) is 0 Å². The van der Waals surface area contributed by atoms with Gasteiger partial charge in [-0.05, 0) is 37.1 Å². The lowest BCUT2D eigenvalue weighted by molar-refractivity contribution is -0.124. The van der Waals surface area contributed by atoms with Crippen LogP contribution in [0.15, 0.2) is 41.7 Å². The molecule has 1 aromatic heterocycles. The van der Waals surface area contributed by atoms with Gasteiger partial charge in [0, 0.05) is 36.4 Å². The maximum absolute atomic E-state index is 12.5. The molecule has 1 fully saturated rings. The van der Waals surface area contributed by atoms with Crippen molar-refractivity contribution in [2.75, 3.05) is 13.1 Å². The first kappa shape index (κ1) is 20.2. The van der Waals surface area contributed by atoms with Gasteiger partial charge in [0.1, 0.15) is 6.04 Å². The lowest BCUT2D eigenvalue weighted by Crippen LogP contribution is -2.50. The van der Waals surface area contributed by atoms with Gasteiger partial charge in [0.25, 0.3) is 10.0 Å². The highest BCUT2D eigenvalue weighted by Gasteiger charge is 2.35. The summed E-state index contributed by atoms with van der Waals surface area (Å²) in [5.74, 6) is -0.309. The second-order valence-corrected chi connectivity index (χ2v) is 8.45. The van der Waals surface area contributed by atoms with Crippen LogP contribution in [-0.4, -0.2) is 54.4 Å². The zero-order valence-corrected chi connectivity index (χ0v) is 16.5. The lowest BCUT2D eigenvalue weighted by Gasteiger charge is -2.24. The number of benzene rings is 1. The molecule has 1 aliphatic rings. The Morgan fingerprint density at radius 3 is 2.71 bits per heavy atom. The third-order valence-electron chi connectivity index (χ3n) is 4.41. The number of nitrogens with one attached hydrogen (secondary N) is 3. The average Bonchev–Trinajstić information content (AvgIpc) is 3.33. The van der Waals surface area contributed by atoms with E-state index < -0.39 is 22.1 Å². The average molecular weight is 426 g/mol. The minimum absolute atomic E-state index is 0.0787. The Kier molecular flexibility index (Phi) is 6.20. The van der Waals surface area contributed by atoms with Crippen molar-refractivity contribution in [3.05, 3.63) is 47.5 Å². The number of hydrogen-bond acceptors (Lipinski definition) is 5. The maximum atomic E-state index is 12.5. The fourth-order valence-corrected chi connectivity index (χ4v) is 4.07. The summed E-state index contributed by atoms with van der Waals surface area (Å²) in [4.78, 5) is 32.9. The zero-order chi connectivity index (χ0) is 20.1. The normalized spacial score (nSPS) is 16.8. The molecule has 2 aromatic rings. The van der Waals surface area contributed by atoms with Crippen molar-refractivity contribution in [3.63, 3.8) is 0 Å². The van der Waals surface area contributed by atoms with E-state index in [2.05, 4.69) is 15.3 Å². The molecule has 0 unspecified atom stereocenters. The molecule has 0 bridgehead atoms. The molecule has 28 heavy (non-hydrogen) atoms. The summed E-state index contributed by atoms with van der Waals surface area (Å²) in [6.07, 6.45) is 4.90. The van der Waals surface area contributed by atoms with Crippen LogP contribution in [0, 0.1) is 0 Å². The van der Waals surface area contributed by atoms with Gasteiger partial charge in [0.15, 0.2) is 0 Å². The van der Waals surface area contributed by atoms with E-state index in [0.717, 1.165) is 5.69 Å². The number of imidazole rings is 1. The SMILES string of the molecule is O=C(NCCc1cnc[nH]1)[C@@H]1CCCN1C(=O)NS(=O)(=O)c1ccc(Cl)cc1. The Morgan fingerprint density at radius 1 is 1.29 bits per heavy atom. The van der Waals surface area contributed by atoms with E-state index in [1.54, 1.807) is 12.5 Å². The highest BCUT2D eigenvalue weighted by molar-refractivity contribution is 7.90. The van der Waals surface area contributed by atoms with Gasteiger partial charge < -0.3 is 15.2 Å². The molecule has 1 saturated heterocycles. The number of hydrogen-bond donors (Lipinski definition) is 3. The molecule has 0 saturated carbocycles. The van der Waals surface area contributed by atoms with Gasteiger partial charge in [-0.1, -0.05) is 11.6 Å². The Hall–Kier alpha value is -2.59. The van der Waals surface area contributed by atoms with Gasteiger partial charge >= 0.3 is 6.03 Å². The van der Waals surface area contributed by atoms with E-state index >= 15 is 0 Å². The Balaban J connectivity index is 1.59. The third-order valence-corrected chi connectivity index (χ3v) is 6.00. The molecular formula is C17H20ClN5O4S. The van der Waals surface area contributed by atoms with E-state index in [4.69, 9.17) is 11.6 Å². The molecule has 0 aliphatic carbocycles. The summed E-state index contributed by atoms with van der Waals surface area (Å²) in [7, 11) is -4.05. The van der Waals surface area contributed by atoms with Gasteiger partial charge in [0.2, 0.25) is 5.91 Å². The molecule has 9 nitrogen and oxygen atoms in total. The van der Waals surface area contributed by atoms with Crippen LogP contribution in [0.4, 0.5) is 4.79 Å². The van der Waals surface area contributed by atoms with Gasteiger partial charge in [-0.15, -0.1) is 0 Å². The van der Waals surface area contributed by atoms with Crippen LogP contribution < -0.4 is 10.0 Å². The largest absolute Gasteiger partial charge is 0.354 e. The second kappa shape index (κ2) is 8.61. The van der Waals surface area contributed by atoms with Crippen molar-refractivity contribution in [1.82, 2.24) is 24.9 Å². The lowest BCUT2D eigenvalue weighted by atomic mass is 10.2. The van der Waals surface area contributed by atoms with E-state index in [1.165, 1.54) is 29.2 Å². The number of urea groups is 1. The molecule has 3 rings (SSSR count). The smallest absolute Gasteiger partial charge is 0.331 e. The summed E-state index contributed by atoms with van der Waals surface area (Å²) in [6, 6.07) is 3.94. The number of aromatic amines is 1. The summed E-state index contributed by atoms with van der Waals surface area (Å²) in [5, 5.41) is 3.16. The summed E-state index contributed by atoms with van der Waals surface area (Å²) in [6.45, 7) is 0.691. The van der Waals surface area contributed by atoms with Crippen molar-refractivity contribution in [2.24, 2.45) is 0 Å². The number of nitrogens with zero attached hydrogens (tertiary/aromatic N) is 2. The van der Waals surface area contributed by atoms with Crippen LogP contribution in [-0.2, 0) is 21.2 Å². The van der Waals surface area contributed by atoms with Crippen LogP contribution in [0.1, 0.15) is 18.5 Å². The van der Waals surface area contributed by atoms with Crippen molar-refractivity contribution < 1.29 is 18.0 Å². The molecule has 11 heteroatoms. The van der Waals surface area contributed by atoms with Crippen LogP contribution in [0.2, 0.25) is 5.02 Å². The van der Waals surface area contributed by atoms with Gasteiger partial charge in [-0.3, -0.25) is 4.79 Å². The fraction of sp³-hybridized carbons (Fsp3) is 0.353. The minimum atomic E-state index is -4.05. The number of rotatable bonds is 6. The maximum Gasteiger partial charge on any atom is 0.331 e. The fourth-order valence-electron chi connectivity index (χ4n) is 2.99. The number of amides is 3. The molecule has 0 radical (unpaired) electrons. The monoisotopic (exact) mass is 425 g/mol. The van der Waals surface area contributed by atoms with Crippen LogP contribution in [0.3, 0.4) is 0 Å². The second-order valence-electron chi connectivity index (χ2n) is 6.33. The van der Waals surface area contributed by atoms with Gasteiger partial charge in [-0.2, -0.15) is 0 Å². The predicted molar refractivity (Wildman–Crippen MR) is 102 cm³/mol. The number of aromatic nitrogens is 2. The van der Waals surface area contributed by atoms with Crippen molar-refractivity contribution in [1.29, 1.82) is 0 Å². The summed E-state index contributed by atoms with van der Waals surface area (Å²) >= 11 is 5.76. The number of likely N-dealkylation sites (tertiary alicyclic amines) is 1. The van der Waals surface area contributed by atoms with Crippen LogP contribution in [0.5, 0.6) is 0 Å². The summed E-state index contributed by atoms with van der Waals surface area (Å²) in [5.41, 5.74) is 0.885. The number of halogens is 1. The number of carbonyl (C=O) groups excluding carboxylic acids is 2. The van der Waals surface area contributed by atoms with Crippen molar-refractivity contribution >= 4 is 33.6 Å². The highest BCUT2D eigenvalue weighted by atomic mass is 35.5. The van der Waals surface area contributed by atoms with E-state index in [9.17, 15) is 18.0 Å². The Bertz CT molecular complexity index is 931. The van der Waals surface area contributed by atoms with Gasteiger partial charge in [-0.25, -0.2) is 22.9 Å². The predicted octanol–water partition coefficient (Wildman–Crippen LogP) is 1.28. The van der Waals surface area contributed by atoms with Crippen LogP contribution in [0.25, 0.3) is 0 Å². The minimum Gasteiger partial charge on any atom is -0.354 e. The molecule has 1 atom stereocenters. The highest BCUT2D eigenvalue weighted by Crippen LogP contribution is 2.19. The first-order valence-electron chi connectivity index (χ1n) is 8.71. The molecule has 1 aliphatic heterocycles. The third kappa shape index (κ3) is 4.82. The number of H-pyrrole nitrogens is 1. The Labute approximate surface area is 167 Å². The summed E-state index contributed by atoms with van der Waals surface area (Å²) < 4.78 is 26.8. The van der Waals surface area contributed by atoms with Crippen molar-refractivity contribution in [2.45, 2.75) is 30.2 Å². The first-order chi connectivity index (χ1) is 13.4. The number of sulfonamides is 1. The quantitative estimate of drug-likeness (QED) is 0.643. The van der Waals surface area contributed by atoms with E-state index in [-0.39, 0.29) is 10.8 Å². The molecule has 150 valence electrons. The molecule has 3 N–H and O–H groups in total. The Morgan fingerprint density at radius 2 is 2.04 bits per heavy atom. The van der Waals surface area contributed by atoms with Gasteiger partial charge in [0.05, 0.1) is 11.2 Å². The molecule has 1 aromatic carbocycles. The van der Waals surface area contributed by atoms with Crippen LogP contribution >= 0.6 is 11.6 Å². The molecule has 3 amide bonds. The van der Waals surface area contributed by atoms with E-state index in [0.29, 0.717) is 37.4 Å². The number of carbonyl (C=O) groups is 2. The molecule has 0 spiro atoms. The molecule has 2 heterocycles. The zero-order valence-electron chi connectivity index (χ0n) is 14.9. The standard InChI is InChI=1S/C17H20ClN5O4S/c18-12-3-5-14(6-4-12)28(26,27)22-17(25)23-9-1-2-15(23)16(24)20-8-7-13-10-19-11-21-13/h3-6,10-11,15H,1-2,7-9H2,(H,19,21)(H,20,24)(H,22,25)/t15-/m0/s1. The molecular weight excluding hydrogens is 406 g/mol. The topological polar surface area (TPSA) is 124 Å². The first-order valence-corrected chi connectivity index (χ1v) is 10.6.